The fraction of sp³-hybridized carbons (Fsp3) is 0.286. The predicted molar refractivity (Wildman–Crippen MR) is 120 cm³/mol. The lowest BCUT2D eigenvalue weighted by molar-refractivity contribution is -0.120. The first-order chi connectivity index (χ1) is 15.0. The SMILES string of the molecule is Cc1cccc2cc([C@H](C)Nc3nc(N)nc4[nH]ncc34)c(N3CCNC(=O)C3)nc12. The molecule has 1 amide bonds. The number of nitrogens with two attached hydrogens (primary N) is 1. The summed E-state index contributed by atoms with van der Waals surface area (Å²) >= 11 is 0. The van der Waals surface area contributed by atoms with Gasteiger partial charge in [0.1, 0.15) is 11.6 Å². The minimum absolute atomic E-state index is 0.00632. The molecule has 0 saturated carbocycles. The standard InChI is InChI=1S/C21H23N9O/c1-11-4-3-5-13-8-14(20(26-17(11)13)30-7-6-23-16(31)10-30)12(2)25-18-15-9-24-29-19(15)28-21(22)27-18/h3-5,8-9,12H,6-7,10H2,1-2H3,(H,23,31)(H4,22,24,25,27,28,29)/t12-/m0/s1. The van der Waals surface area contributed by atoms with Gasteiger partial charge >= 0.3 is 0 Å². The maximum Gasteiger partial charge on any atom is 0.239 e. The number of nitrogen functional groups attached to an aromatic ring is 1. The van der Waals surface area contributed by atoms with E-state index < -0.39 is 0 Å². The van der Waals surface area contributed by atoms with Crippen LogP contribution in [0.1, 0.15) is 24.1 Å². The number of amides is 1. The van der Waals surface area contributed by atoms with E-state index in [-0.39, 0.29) is 24.4 Å². The van der Waals surface area contributed by atoms with Gasteiger partial charge in [-0.15, -0.1) is 0 Å². The van der Waals surface area contributed by atoms with Crippen LogP contribution in [0.4, 0.5) is 17.6 Å². The van der Waals surface area contributed by atoms with Crippen LogP contribution in [-0.2, 0) is 4.79 Å². The summed E-state index contributed by atoms with van der Waals surface area (Å²) in [5, 5.41) is 15.0. The Morgan fingerprint density at radius 3 is 2.97 bits per heavy atom. The highest BCUT2D eigenvalue weighted by atomic mass is 16.2. The van der Waals surface area contributed by atoms with E-state index in [0.29, 0.717) is 24.6 Å². The van der Waals surface area contributed by atoms with Crippen molar-refractivity contribution in [2.24, 2.45) is 0 Å². The number of fused-ring (bicyclic) bond motifs is 2. The van der Waals surface area contributed by atoms with Crippen molar-refractivity contribution < 1.29 is 4.79 Å². The minimum atomic E-state index is -0.162. The first-order valence-corrected chi connectivity index (χ1v) is 10.1. The highest BCUT2D eigenvalue weighted by molar-refractivity contribution is 5.89. The molecule has 1 aliphatic rings. The minimum Gasteiger partial charge on any atom is -0.368 e. The second-order valence-electron chi connectivity index (χ2n) is 7.75. The smallest absolute Gasteiger partial charge is 0.239 e. The van der Waals surface area contributed by atoms with Crippen molar-refractivity contribution in [1.29, 1.82) is 0 Å². The van der Waals surface area contributed by atoms with E-state index in [1.165, 1.54) is 0 Å². The molecule has 158 valence electrons. The molecule has 1 aliphatic heterocycles. The number of aromatic amines is 1. The van der Waals surface area contributed by atoms with Crippen LogP contribution in [-0.4, -0.2) is 50.7 Å². The Morgan fingerprint density at radius 1 is 1.26 bits per heavy atom. The number of para-hydroxylation sites is 1. The van der Waals surface area contributed by atoms with Crippen molar-refractivity contribution in [3.8, 4) is 0 Å². The van der Waals surface area contributed by atoms with Gasteiger partial charge < -0.3 is 21.3 Å². The lowest BCUT2D eigenvalue weighted by Crippen LogP contribution is -2.48. The third-order valence-corrected chi connectivity index (χ3v) is 5.54. The van der Waals surface area contributed by atoms with Gasteiger partial charge in [0.2, 0.25) is 11.9 Å². The van der Waals surface area contributed by atoms with Crippen molar-refractivity contribution >= 4 is 45.4 Å². The van der Waals surface area contributed by atoms with E-state index in [4.69, 9.17) is 10.7 Å². The lowest BCUT2D eigenvalue weighted by atomic mass is 10.0. The Kier molecular flexibility index (Phi) is 4.54. The summed E-state index contributed by atoms with van der Waals surface area (Å²) < 4.78 is 0. The second-order valence-corrected chi connectivity index (χ2v) is 7.75. The first kappa shape index (κ1) is 19.0. The molecular weight excluding hydrogens is 394 g/mol. The molecule has 31 heavy (non-hydrogen) atoms. The van der Waals surface area contributed by atoms with Gasteiger partial charge in [-0.2, -0.15) is 15.1 Å². The monoisotopic (exact) mass is 417 g/mol. The largest absolute Gasteiger partial charge is 0.368 e. The van der Waals surface area contributed by atoms with Crippen molar-refractivity contribution in [2.45, 2.75) is 19.9 Å². The Hall–Kier alpha value is -3.95. The molecule has 0 aliphatic carbocycles. The Labute approximate surface area is 178 Å². The summed E-state index contributed by atoms with van der Waals surface area (Å²) in [6.45, 7) is 5.64. The zero-order chi connectivity index (χ0) is 21.5. The summed E-state index contributed by atoms with van der Waals surface area (Å²) in [7, 11) is 0. The number of benzene rings is 1. The van der Waals surface area contributed by atoms with Gasteiger partial charge in [0.05, 0.1) is 29.7 Å². The quantitative estimate of drug-likeness (QED) is 0.395. The average molecular weight is 417 g/mol. The third-order valence-electron chi connectivity index (χ3n) is 5.54. The number of piperazine rings is 1. The van der Waals surface area contributed by atoms with Crippen LogP contribution in [0.2, 0.25) is 0 Å². The van der Waals surface area contributed by atoms with Crippen LogP contribution in [0.15, 0.2) is 30.5 Å². The maximum atomic E-state index is 12.1. The van der Waals surface area contributed by atoms with Crippen molar-refractivity contribution in [3.05, 3.63) is 41.6 Å². The number of hydrogen-bond donors (Lipinski definition) is 4. The van der Waals surface area contributed by atoms with Crippen LogP contribution in [0.5, 0.6) is 0 Å². The molecule has 4 heterocycles. The van der Waals surface area contributed by atoms with Crippen LogP contribution in [0.25, 0.3) is 21.9 Å². The molecule has 0 unspecified atom stereocenters. The molecule has 0 spiro atoms. The molecule has 5 N–H and O–H groups in total. The molecule has 0 radical (unpaired) electrons. The summed E-state index contributed by atoms with van der Waals surface area (Å²) in [5.41, 5.74) is 9.45. The van der Waals surface area contributed by atoms with Crippen molar-refractivity contribution in [3.63, 3.8) is 0 Å². The van der Waals surface area contributed by atoms with Crippen LogP contribution < -0.4 is 21.3 Å². The number of aryl methyl sites for hydroxylation is 1. The molecule has 10 nitrogen and oxygen atoms in total. The Bertz CT molecular complexity index is 1300. The van der Waals surface area contributed by atoms with Crippen LogP contribution in [0.3, 0.4) is 0 Å². The Balaban J connectivity index is 1.60. The molecule has 1 saturated heterocycles. The van der Waals surface area contributed by atoms with Gasteiger partial charge in [0, 0.05) is 24.0 Å². The molecule has 1 aromatic carbocycles. The van der Waals surface area contributed by atoms with Gasteiger partial charge in [0.15, 0.2) is 5.65 Å². The maximum absolute atomic E-state index is 12.1. The summed E-state index contributed by atoms with van der Waals surface area (Å²) in [5.74, 6) is 1.54. The van der Waals surface area contributed by atoms with Crippen LogP contribution >= 0.6 is 0 Å². The number of nitrogens with zero attached hydrogens (tertiary/aromatic N) is 5. The average Bonchev–Trinajstić information content (AvgIpc) is 3.22. The van der Waals surface area contributed by atoms with Gasteiger partial charge in [-0.1, -0.05) is 18.2 Å². The summed E-state index contributed by atoms with van der Waals surface area (Å²) in [6, 6.07) is 8.09. The molecule has 1 fully saturated rings. The van der Waals surface area contributed by atoms with Gasteiger partial charge in [-0.3, -0.25) is 9.89 Å². The zero-order valence-electron chi connectivity index (χ0n) is 17.3. The number of carbonyl (C=O) groups is 1. The number of carbonyl (C=O) groups excluding carboxylic acids is 1. The molecule has 10 heteroatoms. The number of anilines is 3. The van der Waals surface area contributed by atoms with E-state index in [9.17, 15) is 4.79 Å². The molecule has 1 atom stereocenters. The lowest BCUT2D eigenvalue weighted by Gasteiger charge is -2.31. The third kappa shape index (κ3) is 3.45. The van der Waals surface area contributed by atoms with Crippen molar-refractivity contribution in [2.75, 3.05) is 35.6 Å². The van der Waals surface area contributed by atoms with Gasteiger partial charge in [-0.25, -0.2) is 4.98 Å². The molecule has 4 aromatic rings. The highest BCUT2D eigenvalue weighted by Gasteiger charge is 2.24. The van der Waals surface area contributed by atoms with Crippen molar-refractivity contribution in [1.82, 2.24) is 30.5 Å². The molecule has 0 bridgehead atoms. The number of aromatic nitrogens is 5. The molecule has 3 aromatic heterocycles. The van der Waals surface area contributed by atoms with Gasteiger partial charge in [0.25, 0.3) is 0 Å². The number of hydrogen-bond acceptors (Lipinski definition) is 8. The van der Waals surface area contributed by atoms with E-state index in [0.717, 1.165) is 33.2 Å². The van der Waals surface area contributed by atoms with E-state index in [2.05, 4.69) is 42.9 Å². The number of H-pyrrole nitrogens is 1. The summed E-state index contributed by atoms with van der Waals surface area (Å²) in [4.78, 5) is 27.6. The van der Waals surface area contributed by atoms with E-state index in [1.807, 2.05) is 30.9 Å². The second kappa shape index (κ2) is 7.38. The number of pyridine rings is 1. The number of nitrogens with one attached hydrogen (secondary N) is 3. The molecule has 5 rings (SSSR count). The fourth-order valence-electron chi connectivity index (χ4n) is 3.99. The highest BCUT2D eigenvalue weighted by Crippen LogP contribution is 2.33. The Morgan fingerprint density at radius 2 is 2.13 bits per heavy atom. The first-order valence-electron chi connectivity index (χ1n) is 10.1. The van der Waals surface area contributed by atoms with E-state index in [1.54, 1.807) is 6.20 Å². The topological polar surface area (TPSA) is 138 Å². The molecular formula is C21H23N9O. The zero-order valence-corrected chi connectivity index (χ0v) is 17.3. The summed E-state index contributed by atoms with van der Waals surface area (Å²) in [6.07, 6.45) is 1.67. The predicted octanol–water partition coefficient (Wildman–Crippen LogP) is 1.90. The van der Waals surface area contributed by atoms with Gasteiger partial charge in [-0.05, 0) is 25.5 Å². The number of rotatable bonds is 4. The van der Waals surface area contributed by atoms with Crippen LogP contribution in [0, 0.1) is 6.92 Å². The van der Waals surface area contributed by atoms with E-state index >= 15 is 0 Å². The fourth-order valence-corrected chi connectivity index (χ4v) is 3.99. The normalized spacial score (nSPS) is 15.3.